The molecule has 112 valence electrons. The van der Waals surface area contributed by atoms with Gasteiger partial charge in [-0.15, -0.1) is 0 Å². The van der Waals surface area contributed by atoms with Crippen molar-refractivity contribution in [2.45, 2.75) is 4.90 Å². The first kappa shape index (κ1) is 15.7. The third-order valence-electron chi connectivity index (χ3n) is 2.91. The summed E-state index contributed by atoms with van der Waals surface area (Å²) < 4.78 is 27.8. The molecule has 5 nitrogen and oxygen atoms in total. The maximum Gasteiger partial charge on any atom is 0.261 e. The van der Waals surface area contributed by atoms with Gasteiger partial charge in [0, 0.05) is 35.6 Å². The van der Waals surface area contributed by atoms with Gasteiger partial charge in [0.2, 0.25) is 0 Å². The van der Waals surface area contributed by atoms with E-state index in [1.54, 1.807) is 18.2 Å². The molecule has 0 bridgehead atoms. The van der Waals surface area contributed by atoms with Crippen LogP contribution in [0.3, 0.4) is 0 Å². The highest BCUT2D eigenvalue weighted by molar-refractivity contribution is 9.10. The maximum absolute atomic E-state index is 12.3. The lowest BCUT2D eigenvalue weighted by Gasteiger charge is -2.13. The quantitative estimate of drug-likeness (QED) is 0.812. The van der Waals surface area contributed by atoms with Gasteiger partial charge in [0.1, 0.15) is 0 Å². The van der Waals surface area contributed by atoms with Crippen LogP contribution in [-0.2, 0) is 10.0 Å². The second kappa shape index (κ2) is 5.95. The van der Waals surface area contributed by atoms with E-state index in [9.17, 15) is 8.42 Å². The summed E-state index contributed by atoms with van der Waals surface area (Å²) in [6.07, 6.45) is 0. The van der Waals surface area contributed by atoms with Gasteiger partial charge < -0.3 is 10.6 Å². The van der Waals surface area contributed by atoms with Crippen molar-refractivity contribution in [2.75, 3.05) is 29.5 Å². The smallest absolute Gasteiger partial charge is 0.261 e. The molecule has 0 saturated carbocycles. The van der Waals surface area contributed by atoms with Crippen LogP contribution in [0.2, 0.25) is 0 Å². The summed E-state index contributed by atoms with van der Waals surface area (Å²) in [7, 11) is 0.191. The first-order valence-corrected chi connectivity index (χ1v) is 8.42. The summed E-state index contributed by atoms with van der Waals surface area (Å²) in [5.74, 6) is 0. The standard InChI is InChI=1S/C14H16BrN3O2S/c1-18(2)11-5-3-10(4-6-11)17-21(19,20)12-7-8-13(15)14(16)9-12/h3-9,17H,16H2,1-2H3. The molecule has 0 aliphatic heterocycles. The van der Waals surface area contributed by atoms with Crippen LogP contribution in [-0.4, -0.2) is 22.5 Å². The highest BCUT2D eigenvalue weighted by Gasteiger charge is 2.15. The predicted molar refractivity (Wildman–Crippen MR) is 90.1 cm³/mol. The van der Waals surface area contributed by atoms with Gasteiger partial charge in [-0.05, 0) is 58.4 Å². The van der Waals surface area contributed by atoms with E-state index < -0.39 is 10.0 Å². The minimum absolute atomic E-state index is 0.125. The van der Waals surface area contributed by atoms with E-state index >= 15 is 0 Å². The lowest BCUT2D eigenvalue weighted by molar-refractivity contribution is 0.601. The van der Waals surface area contributed by atoms with Crippen LogP contribution < -0.4 is 15.4 Å². The largest absolute Gasteiger partial charge is 0.398 e. The Labute approximate surface area is 132 Å². The van der Waals surface area contributed by atoms with Crippen LogP contribution in [0.4, 0.5) is 17.1 Å². The monoisotopic (exact) mass is 369 g/mol. The minimum Gasteiger partial charge on any atom is -0.398 e. The number of halogens is 1. The molecule has 0 atom stereocenters. The van der Waals surface area contributed by atoms with Crippen molar-refractivity contribution in [3.05, 3.63) is 46.9 Å². The summed E-state index contributed by atoms with van der Waals surface area (Å²) in [6, 6.07) is 11.6. The highest BCUT2D eigenvalue weighted by Crippen LogP contribution is 2.25. The molecular formula is C14H16BrN3O2S. The number of nitrogen functional groups attached to an aromatic ring is 1. The predicted octanol–water partition coefficient (Wildman–Crippen LogP) is 2.90. The highest BCUT2D eigenvalue weighted by atomic mass is 79.9. The number of nitrogens with two attached hydrogens (primary N) is 1. The van der Waals surface area contributed by atoms with Gasteiger partial charge in [-0.3, -0.25) is 4.72 Å². The van der Waals surface area contributed by atoms with Crippen molar-refractivity contribution in [1.82, 2.24) is 0 Å². The fourth-order valence-corrected chi connectivity index (χ4v) is 3.07. The van der Waals surface area contributed by atoms with Crippen LogP contribution in [0.5, 0.6) is 0 Å². The summed E-state index contributed by atoms with van der Waals surface area (Å²) in [4.78, 5) is 2.06. The molecular weight excluding hydrogens is 354 g/mol. The van der Waals surface area contributed by atoms with Gasteiger partial charge in [0.15, 0.2) is 0 Å². The van der Waals surface area contributed by atoms with Gasteiger partial charge in [-0.25, -0.2) is 8.42 Å². The van der Waals surface area contributed by atoms with Crippen molar-refractivity contribution in [1.29, 1.82) is 0 Å². The van der Waals surface area contributed by atoms with E-state index in [2.05, 4.69) is 20.7 Å². The third-order valence-corrected chi connectivity index (χ3v) is 5.01. The summed E-state index contributed by atoms with van der Waals surface area (Å²) in [6.45, 7) is 0. The lowest BCUT2D eigenvalue weighted by atomic mass is 10.3. The Bertz CT molecular complexity index is 743. The SMILES string of the molecule is CN(C)c1ccc(NS(=O)(=O)c2ccc(Br)c(N)c2)cc1. The van der Waals surface area contributed by atoms with E-state index in [0.29, 0.717) is 15.8 Å². The first-order valence-electron chi connectivity index (χ1n) is 6.15. The topological polar surface area (TPSA) is 75.4 Å². The molecule has 7 heteroatoms. The van der Waals surface area contributed by atoms with Gasteiger partial charge >= 0.3 is 0 Å². The number of hydrogen-bond donors (Lipinski definition) is 2. The Hall–Kier alpha value is -1.73. The molecule has 0 amide bonds. The van der Waals surface area contributed by atoms with Crippen LogP contribution in [0.15, 0.2) is 51.8 Å². The Balaban J connectivity index is 2.26. The van der Waals surface area contributed by atoms with Crippen LogP contribution in [0.25, 0.3) is 0 Å². The zero-order chi connectivity index (χ0) is 15.6. The van der Waals surface area contributed by atoms with Gasteiger partial charge in [-0.2, -0.15) is 0 Å². The number of nitrogens with one attached hydrogen (secondary N) is 1. The fraction of sp³-hybridized carbons (Fsp3) is 0.143. The molecule has 0 unspecified atom stereocenters. The summed E-state index contributed by atoms with van der Waals surface area (Å²) in [5.41, 5.74) is 7.59. The van der Waals surface area contributed by atoms with Crippen LogP contribution >= 0.6 is 15.9 Å². The third kappa shape index (κ3) is 3.68. The lowest BCUT2D eigenvalue weighted by Crippen LogP contribution is -2.13. The zero-order valence-electron chi connectivity index (χ0n) is 11.7. The second-order valence-corrected chi connectivity index (χ2v) is 7.27. The van der Waals surface area contributed by atoms with E-state index in [-0.39, 0.29) is 4.90 Å². The van der Waals surface area contributed by atoms with Gasteiger partial charge in [0.25, 0.3) is 10.0 Å². The normalized spacial score (nSPS) is 11.2. The maximum atomic E-state index is 12.3. The molecule has 3 N–H and O–H groups in total. The van der Waals surface area contributed by atoms with Crippen molar-refractivity contribution in [3.8, 4) is 0 Å². The average Bonchev–Trinajstić information content (AvgIpc) is 2.42. The Morgan fingerprint density at radius 2 is 1.71 bits per heavy atom. The molecule has 0 fully saturated rings. The molecule has 2 aromatic rings. The molecule has 0 aliphatic rings. The number of anilines is 3. The molecule has 21 heavy (non-hydrogen) atoms. The second-order valence-electron chi connectivity index (χ2n) is 4.73. The Morgan fingerprint density at radius 1 is 1.10 bits per heavy atom. The fourth-order valence-electron chi connectivity index (χ4n) is 1.73. The number of sulfonamides is 1. The molecule has 0 radical (unpaired) electrons. The molecule has 2 rings (SSSR count). The van der Waals surface area contributed by atoms with Crippen molar-refractivity contribution >= 4 is 43.0 Å². The minimum atomic E-state index is -3.65. The van der Waals surface area contributed by atoms with E-state index in [0.717, 1.165) is 5.69 Å². The summed E-state index contributed by atoms with van der Waals surface area (Å²) in [5, 5.41) is 0. The number of nitrogens with zero attached hydrogens (tertiary/aromatic N) is 1. The van der Waals surface area contributed by atoms with E-state index in [1.807, 2.05) is 31.1 Å². The number of hydrogen-bond acceptors (Lipinski definition) is 4. The zero-order valence-corrected chi connectivity index (χ0v) is 14.1. The Morgan fingerprint density at radius 3 is 2.24 bits per heavy atom. The van der Waals surface area contributed by atoms with Crippen LogP contribution in [0, 0.1) is 0 Å². The molecule has 2 aromatic carbocycles. The number of rotatable bonds is 4. The van der Waals surface area contributed by atoms with Gasteiger partial charge in [0.05, 0.1) is 4.90 Å². The molecule has 0 heterocycles. The van der Waals surface area contributed by atoms with Gasteiger partial charge in [-0.1, -0.05) is 0 Å². The first-order chi connectivity index (χ1) is 9.79. The molecule has 0 spiro atoms. The van der Waals surface area contributed by atoms with Crippen LogP contribution in [0.1, 0.15) is 0 Å². The van der Waals surface area contributed by atoms with Crippen molar-refractivity contribution in [2.24, 2.45) is 0 Å². The Kier molecular flexibility index (Phi) is 4.43. The molecule has 0 aromatic heterocycles. The number of benzene rings is 2. The average molecular weight is 370 g/mol. The molecule has 0 saturated heterocycles. The van der Waals surface area contributed by atoms with E-state index in [1.165, 1.54) is 12.1 Å². The molecule has 0 aliphatic carbocycles. The summed E-state index contributed by atoms with van der Waals surface area (Å²) >= 11 is 3.24. The van der Waals surface area contributed by atoms with Crippen molar-refractivity contribution in [3.63, 3.8) is 0 Å². The van der Waals surface area contributed by atoms with Crippen molar-refractivity contribution < 1.29 is 8.42 Å². The van der Waals surface area contributed by atoms with E-state index in [4.69, 9.17) is 5.73 Å².